The number of pyridine rings is 1. The Morgan fingerprint density at radius 1 is 1.28 bits per heavy atom. The van der Waals surface area contributed by atoms with Gasteiger partial charge in [0.15, 0.2) is 0 Å². The van der Waals surface area contributed by atoms with Crippen molar-refractivity contribution in [2.45, 2.75) is 32.2 Å². The van der Waals surface area contributed by atoms with Crippen molar-refractivity contribution < 1.29 is 17.9 Å². The van der Waals surface area contributed by atoms with Gasteiger partial charge in [-0.3, -0.25) is 9.52 Å². The van der Waals surface area contributed by atoms with E-state index in [1.165, 1.54) is 0 Å². The zero-order chi connectivity index (χ0) is 22.9. The molecular weight excluding hydrogens is 430 g/mol. The van der Waals surface area contributed by atoms with Crippen molar-refractivity contribution >= 4 is 33.1 Å². The average Bonchev–Trinajstić information content (AvgIpc) is 3.26. The summed E-state index contributed by atoms with van der Waals surface area (Å²) in [6.07, 6.45) is 3.91. The van der Waals surface area contributed by atoms with Crippen LogP contribution in [-0.2, 0) is 10.0 Å². The molecule has 1 amide bonds. The van der Waals surface area contributed by atoms with Crippen LogP contribution >= 0.6 is 0 Å². The second kappa shape index (κ2) is 8.34. The minimum absolute atomic E-state index is 0.0995. The van der Waals surface area contributed by atoms with E-state index in [0.29, 0.717) is 22.6 Å². The molecule has 0 atom stereocenters. The number of nitrogens with zero attached hydrogens (tertiary/aromatic N) is 2. The van der Waals surface area contributed by atoms with Crippen LogP contribution in [0.2, 0.25) is 0 Å². The molecule has 4 rings (SSSR count). The van der Waals surface area contributed by atoms with Crippen molar-refractivity contribution in [1.29, 1.82) is 0 Å². The number of fused-ring (bicyclic) bond motifs is 1. The molecule has 170 valence electrons. The molecule has 10 heteroatoms. The Balaban J connectivity index is 1.45. The molecule has 2 aliphatic rings. The number of nitrogens with two attached hydrogens (primary N) is 1. The third kappa shape index (κ3) is 4.80. The van der Waals surface area contributed by atoms with Crippen LogP contribution in [0.25, 0.3) is 5.70 Å². The Labute approximate surface area is 187 Å². The van der Waals surface area contributed by atoms with Gasteiger partial charge in [0.25, 0.3) is 15.9 Å². The number of anilines is 2. The van der Waals surface area contributed by atoms with E-state index in [1.54, 1.807) is 30.5 Å². The maximum absolute atomic E-state index is 12.9. The highest BCUT2D eigenvalue weighted by Gasteiger charge is 2.26. The topological polar surface area (TPSA) is 127 Å². The lowest BCUT2D eigenvalue weighted by Crippen LogP contribution is -2.48. The van der Waals surface area contributed by atoms with E-state index in [9.17, 15) is 13.2 Å². The zero-order valence-corrected chi connectivity index (χ0v) is 18.9. The van der Waals surface area contributed by atoms with Crippen molar-refractivity contribution in [3.05, 3.63) is 53.1 Å². The minimum Gasteiger partial charge on any atom is -0.490 e. The first-order valence-corrected chi connectivity index (χ1v) is 12.0. The van der Waals surface area contributed by atoms with Crippen LogP contribution in [-0.4, -0.2) is 44.5 Å². The lowest BCUT2D eigenvalue weighted by Gasteiger charge is -2.28. The van der Waals surface area contributed by atoms with Gasteiger partial charge in [-0.2, -0.15) is 0 Å². The molecule has 0 unspecified atom stereocenters. The van der Waals surface area contributed by atoms with Crippen LogP contribution in [0.3, 0.4) is 0 Å². The lowest BCUT2D eigenvalue weighted by molar-refractivity contribution is 0.0880. The first-order valence-electron chi connectivity index (χ1n) is 10.4. The summed E-state index contributed by atoms with van der Waals surface area (Å²) >= 11 is 0. The monoisotopic (exact) mass is 457 g/mol. The summed E-state index contributed by atoms with van der Waals surface area (Å²) in [6.45, 7) is 5.76. The highest BCUT2D eigenvalue weighted by molar-refractivity contribution is 7.95. The molecule has 4 N–H and O–H groups in total. The number of rotatable bonds is 6. The number of sulfonamides is 1. The Hall–Kier alpha value is -3.27. The van der Waals surface area contributed by atoms with Gasteiger partial charge < -0.3 is 20.7 Å². The van der Waals surface area contributed by atoms with Crippen LogP contribution in [0.4, 0.5) is 11.5 Å². The number of carbonyl (C=O) groups is 1. The summed E-state index contributed by atoms with van der Waals surface area (Å²) in [6, 6.07) is 8.51. The molecule has 0 spiro atoms. The van der Waals surface area contributed by atoms with Crippen LogP contribution in [0.5, 0.6) is 5.75 Å². The molecule has 0 aliphatic carbocycles. The van der Waals surface area contributed by atoms with Gasteiger partial charge in [-0.1, -0.05) is 6.07 Å². The fraction of sp³-hybridized carbons (Fsp3) is 0.364. The van der Waals surface area contributed by atoms with Crippen molar-refractivity contribution in [1.82, 2.24) is 10.3 Å². The standard InChI is InChI=1S/C22H27N5O4S/c1-22(2,25-21(28)15-8-9-24-19(12-15)27-10-3-4-11-27)14-31-18-7-5-6-17-20(18)16(23)13-32(29,30)26-17/h5-9,12-13,26H,3-4,10-11,14,23H2,1-2H3,(H,25,28). The van der Waals surface area contributed by atoms with Crippen LogP contribution in [0.1, 0.15) is 42.6 Å². The summed E-state index contributed by atoms with van der Waals surface area (Å²) in [7, 11) is -3.62. The number of nitrogens with one attached hydrogen (secondary N) is 2. The van der Waals surface area contributed by atoms with Gasteiger partial charge in [0.2, 0.25) is 0 Å². The molecule has 3 heterocycles. The van der Waals surface area contributed by atoms with E-state index in [0.717, 1.165) is 37.2 Å². The highest BCUT2D eigenvalue weighted by atomic mass is 32.2. The normalized spacial score (nSPS) is 17.2. The molecule has 1 aromatic heterocycles. The van der Waals surface area contributed by atoms with Crippen molar-refractivity contribution in [2.75, 3.05) is 29.3 Å². The number of amides is 1. The largest absolute Gasteiger partial charge is 0.490 e. The predicted octanol–water partition coefficient (Wildman–Crippen LogP) is 2.28. The SMILES string of the molecule is CC(C)(COc1cccc2c1C(N)=CS(=O)(=O)N2)NC(=O)c1ccnc(N2CCCC2)c1. The van der Waals surface area contributed by atoms with Gasteiger partial charge in [0.05, 0.1) is 27.9 Å². The summed E-state index contributed by atoms with van der Waals surface area (Å²) in [5.74, 6) is 1.02. The molecular formula is C22H27N5O4S. The second-order valence-electron chi connectivity index (χ2n) is 8.62. The Morgan fingerprint density at radius 2 is 2.03 bits per heavy atom. The van der Waals surface area contributed by atoms with Gasteiger partial charge in [0.1, 0.15) is 18.2 Å². The average molecular weight is 458 g/mol. The Bertz CT molecular complexity index is 1170. The molecule has 1 saturated heterocycles. The number of ether oxygens (including phenoxy) is 1. The zero-order valence-electron chi connectivity index (χ0n) is 18.1. The van der Waals surface area contributed by atoms with Gasteiger partial charge in [-0.15, -0.1) is 0 Å². The van der Waals surface area contributed by atoms with Gasteiger partial charge in [-0.25, -0.2) is 13.4 Å². The van der Waals surface area contributed by atoms with E-state index in [2.05, 4.69) is 19.9 Å². The third-order valence-corrected chi connectivity index (χ3v) is 6.40. The van der Waals surface area contributed by atoms with E-state index in [1.807, 2.05) is 19.9 Å². The molecule has 0 bridgehead atoms. The van der Waals surface area contributed by atoms with Crippen molar-refractivity contribution in [2.24, 2.45) is 5.73 Å². The molecule has 1 fully saturated rings. The molecule has 0 radical (unpaired) electrons. The quantitative estimate of drug-likeness (QED) is 0.607. The Kier molecular flexibility index (Phi) is 5.72. The van der Waals surface area contributed by atoms with Gasteiger partial charge in [-0.05, 0) is 51.0 Å². The fourth-order valence-electron chi connectivity index (χ4n) is 3.80. The van der Waals surface area contributed by atoms with Crippen molar-refractivity contribution in [3.63, 3.8) is 0 Å². The molecule has 32 heavy (non-hydrogen) atoms. The molecule has 9 nitrogen and oxygen atoms in total. The van der Waals surface area contributed by atoms with Crippen LogP contribution in [0, 0.1) is 0 Å². The first kappa shape index (κ1) is 21.9. The van der Waals surface area contributed by atoms with Crippen LogP contribution in [0.15, 0.2) is 41.9 Å². The second-order valence-corrected chi connectivity index (χ2v) is 10.2. The minimum atomic E-state index is -3.62. The molecule has 0 saturated carbocycles. The molecule has 2 aliphatic heterocycles. The highest BCUT2D eigenvalue weighted by Crippen LogP contribution is 2.35. The van der Waals surface area contributed by atoms with E-state index in [-0.39, 0.29) is 18.2 Å². The lowest BCUT2D eigenvalue weighted by atomic mass is 10.1. The smallest absolute Gasteiger partial charge is 0.257 e. The summed E-state index contributed by atoms with van der Waals surface area (Å²) < 4.78 is 32.1. The number of benzene rings is 1. The number of hydrogen-bond donors (Lipinski definition) is 3. The van der Waals surface area contributed by atoms with E-state index < -0.39 is 15.6 Å². The molecule has 1 aromatic carbocycles. The summed E-state index contributed by atoms with van der Waals surface area (Å²) in [5.41, 5.74) is 6.73. The number of carbonyl (C=O) groups excluding carboxylic acids is 1. The maximum Gasteiger partial charge on any atom is 0.257 e. The number of aromatic nitrogens is 1. The van der Waals surface area contributed by atoms with Gasteiger partial charge >= 0.3 is 0 Å². The van der Waals surface area contributed by atoms with Gasteiger partial charge in [0, 0.05) is 24.8 Å². The Morgan fingerprint density at radius 3 is 2.78 bits per heavy atom. The van der Waals surface area contributed by atoms with E-state index >= 15 is 0 Å². The predicted molar refractivity (Wildman–Crippen MR) is 124 cm³/mol. The maximum atomic E-state index is 12.9. The first-order chi connectivity index (χ1) is 15.1. The van der Waals surface area contributed by atoms with E-state index in [4.69, 9.17) is 10.5 Å². The van der Waals surface area contributed by atoms with Crippen molar-refractivity contribution in [3.8, 4) is 5.75 Å². The summed E-state index contributed by atoms with van der Waals surface area (Å²) in [5, 5.41) is 3.97. The third-order valence-electron chi connectivity index (χ3n) is 5.33. The summed E-state index contributed by atoms with van der Waals surface area (Å²) in [4.78, 5) is 19.4. The fourth-order valence-corrected chi connectivity index (χ4v) is 4.78. The van der Waals surface area contributed by atoms with Crippen LogP contribution < -0.4 is 25.4 Å². The molecule has 2 aromatic rings. The number of hydrogen-bond acceptors (Lipinski definition) is 7.